The molecule has 1 saturated heterocycles. The number of carboxylic acid groups (broad SMARTS) is 1. The SMILES string of the molecule is C[C@H](CN(CC(C)(C)C)C(=O)O)c1ccc(B2OC(C)(C)C(C)(C)O2)cc1. The number of hydrogen-bond acceptors (Lipinski definition) is 3. The van der Waals surface area contributed by atoms with E-state index >= 15 is 0 Å². The molecule has 0 aromatic heterocycles. The Labute approximate surface area is 164 Å². The van der Waals surface area contributed by atoms with Gasteiger partial charge in [-0.2, -0.15) is 0 Å². The third-order valence-electron chi connectivity index (χ3n) is 5.46. The standard InChI is InChI=1S/C21H34BNO4/c1-15(13-23(18(24)25)14-19(2,3)4)16-9-11-17(12-10-16)22-26-20(5,6)21(7,8)27-22/h9-12,15H,13-14H2,1-8H3,(H,24,25)/t15-/m1/s1. The van der Waals surface area contributed by atoms with Crippen LogP contribution in [-0.2, 0) is 9.31 Å². The predicted molar refractivity (Wildman–Crippen MR) is 110 cm³/mol. The maximum atomic E-state index is 11.6. The first kappa shape index (κ1) is 21.8. The van der Waals surface area contributed by atoms with Gasteiger partial charge in [0.25, 0.3) is 0 Å². The highest BCUT2D eigenvalue weighted by atomic mass is 16.7. The fraction of sp³-hybridized carbons (Fsp3) is 0.667. The van der Waals surface area contributed by atoms with Gasteiger partial charge in [-0.05, 0) is 50.1 Å². The first-order valence-corrected chi connectivity index (χ1v) is 9.65. The average Bonchev–Trinajstić information content (AvgIpc) is 2.73. The van der Waals surface area contributed by atoms with Crippen molar-refractivity contribution in [3.05, 3.63) is 29.8 Å². The molecule has 0 radical (unpaired) electrons. The molecule has 1 aliphatic rings. The molecule has 1 aliphatic heterocycles. The van der Waals surface area contributed by atoms with Crippen LogP contribution < -0.4 is 5.46 Å². The van der Waals surface area contributed by atoms with Gasteiger partial charge in [0.05, 0.1) is 11.2 Å². The lowest BCUT2D eigenvalue weighted by molar-refractivity contribution is 0.00578. The van der Waals surface area contributed by atoms with E-state index in [1.807, 2.05) is 72.7 Å². The van der Waals surface area contributed by atoms with Crippen molar-refractivity contribution in [1.29, 1.82) is 0 Å². The third-order valence-corrected chi connectivity index (χ3v) is 5.46. The Kier molecular flexibility index (Phi) is 6.03. The van der Waals surface area contributed by atoms with Crippen LogP contribution in [0.2, 0.25) is 0 Å². The van der Waals surface area contributed by atoms with Crippen molar-refractivity contribution in [2.24, 2.45) is 5.41 Å². The average molecular weight is 375 g/mol. The summed E-state index contributed by atoms with van der Waals surface area (Å²) in [4.78, 5) is 13.1. The van der Waals surface area contributed by atoms with Gasteiger partial charge in [-0.25, -0.2) is 4.79 Å². The van der Waals surface area contributed by atoms with Crippen LogP contribution in [0.15, 0.2) is 24.3 Å². The summed E-state index contributed by atoms with van der Waals surface area (Å²) in [5, 5.41) is 9.51. The highest BCUT2D eigenvalue weighted by molar-refractivity contribution is 6.62. The smallest absolute Gasteiger partial charge is 0.465 e. The lowest BCUT2D eigenvalue weighted by Crippen LogP contribution is -2.41. The molecule has 0 saturated carbocycles. The summed E-state index contributed by atoms with van der Waals surface area (Å²) in [6.45, 7) is 17.4. The first-order valence-electron chi connectivity index (χ1n) is 9.65. The van der Waals surface area contributed by atoms with E-state index in [4.69, 9.17) is 9.31 Å². The molecule has 27 heavy (non-hydrogen) atoms. The second-order valence-electron chi connectivity index (χ2n) is 9.88. The lowest BCUT2D eigenvalue weighted by atomic mass is 9.78. The normalized spacial score (nSPS) is 19.8. The molecular weight excluding hydrogens is 341 g/mol. The zero-order valence-electron chi connectivity index (χ0n) is 18.0. The third kappa shape index (κ3) is 5.26. The molecular formula is C21H34BNO4. The molecule has 1 amide bonds. The number of rotatable bonds is 5. The van der Waals surface area contributed by atoms with Gasteiger partial charge in [-0.15, -0.1) is 0 Å². The number of carbonyl (C=O) groups is 1. The van der Waals surface area contributed by atoms with E-state index in [0.717, 1.165) is 11.0 Å². The van der Waals surface area contributed by atoms with E-state index < -0.39 is 6.09 Å². The fourth-order valence-corrected chi connectivity index (χ4v) is 3.18. The van der Waals surface area contributed by atoms with Gasteiger partial charge >= 0.3 is 13.2 Å². The molecule has 1 fully saturated rings. The summed E-state index contributed by atoms with van der Waals surface area (Å²) >= 11 is 0. The Morgan fingerprint density at radius 1 is 1.11 bits per heavy atom. The fourth-order valence-electron chi connectivity index (χ4n) is 3.18. The van der Waals surface area contributed by atoms with Gasteiger partial charge in [0.15, 0.2) is 0 Å². The van der Waals surface area contributed by atoms with Gasteiger partial charge in [-0.3, -0.25) is 0 Å². The summed E-state index contributed by atoms with van der Waals surface area (Å²) in [5.41, 5.74) is 1.29. The Morgan fingerprint density at radius 2 is 1.59 bits per heavy atom. The topological polar surface area (TPSA) is 59.0 Å². The van der Waals surface area contributed by atoms with Crippen LogP contribution in [0.1, 0.15) is 66.9 Å². The summed E-state index contributed by atoms with van der Waals surface area (Å²) in [6.07, 6.45) is -0.870. The van der Waals surface area contributed by atoms with Crippen molar-refractivity contribution in [3.8, 4) is 0 Å². The minimum Gasteiger partial charge on any atom is -0.465 e. The minimum absolute atomic E-state index is 0.0707. The molecule has 0 spiro atoms. The molecule has 6 heteroatoms. The number of amides is 1. The summed E-state index contributed by atoms with van der Waals surface area (Å²) in [7, 11) is -0.379. The largest absolute Gasteiger partial charge is 0.494 e. The number of nitrogens with zero attached hydrogens (tertiary/aromatic N) is 1. The Bertz CT molecular complexity index is 648. The molecule has 150 valence electrons. The summed E-state index contributed by atoms with van der Waals surface area (Å²) < 4.78 is 12.2. The monoisotopic (exact) mass is 375 g/mol. The van der Waals surface area contributed by atoms with Crippen molar-refractivity contribution in [2.45, 2.75) is 72.5 Å². The van der Waals surface area contributed by atoms with Gasteiger partial charge < -0.3 is 19.3 Å². The molecule has 1 aromatic rings. The van der Waals surface area contributed by atoms with Crippen LogP contribution in [0.5, 0.6) is 0 Å². The number of hydrogen-bond donors (Lipinski definition) is 1. The van der Waals surface area contributed by atoms with Crippen molar-refractivity contribution >= 4 is 18.7 Å². The molecule has 1 heterocycles. The zero-order valence-corrected chi connectivity index (χ0v) is 18.0. The predicted octanol–water partition coefficient (Wildman–Crippen LogP) is 4.12. The van der Waals surface area contributed by atoms with E-state index in [0.29, 0.717) is 13.1 Å². The summed E-state index contributed by atoms with van der Waals surface area (Å²) in [5.74, 6) is 0.107. The molecule has 5 nitrogen and oxygen atoms in total. The van der Waals surface area contributed by atoms with Gasteiger partial charge in [0, 0.05) is 13.1 Å². The highest BCUT2D eigenvalue weighted by Crippen LogP contribution is 2.36. The van der Waals surface area contributed by atoms with Gasteiger partial charge in [0.1, 0.15) is 0 Å². The minimum atomic E-state index is -0.870. The summed E-state index contributed by atoms with van der Waals surface area (Å²) in [6, 6.07) is 8.12. The first-order chi connectivity index (χ1) is 12.2. The zero-order chi connectivity index (χ0) is 20.6. The van der Waals surface area contributed by atoms with Crippen molar-refractivity contribution in [2.75, 3.05) is 13.1 Å². The van der Waals surface area contributed by atoms with Crippen LogP contribution in [-0.4, -0.2) is 47.5 Å². The van der Waals surface area contributed by atoms with Crippen LogP contribution in [0.4, 0.5) is 4.79 Å². The quantitative estimate of drug-likeness (QED) is 0.787. The highest BCUT2D eigenvalue weighted by Gasteiger charge is 2.51. The molecule has 1 atom stereocenters. The Balaban J connectivity index is 2.07. The van der Waals surface area contributed by atoms with E-state index in [1.54, 1.807) is 0 Å². The van der Waals surface area contributed by atoms with Crippen LogP contribution in [0.3, 0.4) is 0 Å². The van der Waals surface area contributed by atoms with E-state index in [-0.39, 0.29) is 29.7 Å². The van der Waals surface area contributed by atoms with Crippen LogP contribution in [0, 0.1) is 5.41 Å². The second-order valence-corrected chi connectivity index (χ2v) is 9.88. The molecule has 0 bridgehead atoms. The molecule has 2 rings (SSSR count). The lowest BCUT2D eigenvalue weighted by Gasteiger charge is -2.32. The van der Waals surface area contributed by atoms with E-state index in [1.165, 1.54) is 4.90 Å². The number of benzene rings is 1. The molecule has 1 N–H and O–H groups in total. The van der Waals surface area contributed by atoms with Crippen molar-refractivity contribution < 1.29 is 19.2 Å². The molecule has 0 aliphatic carbocycles. The van der Waals surface area contributed by atoms with Crippen LogP contribution >= 0.6 is 0 Å². The van der Waals surface area contributed by atoms with E-state index in [2.05, 4.69) is 6.92 Å². The van der Waals surface area contributed by atoms with Crippen LogP contribution in [0.25, 0.3) is 0 Å². The van der Waals surface area contributed by atoms with Gasteiger partial charge in [-0.1, -0.05) is 52.0 Å². The Hall–Kier alpha value is -1.53. The molecule has 0 unspecified atom stereocenters. The van der Waals surface area contributed by atoms with Crippen molar-refractivity contribution in [3.63, 3.8) is 0 Å². The van der Waals surface area contributed by atoms with Crippen molar-refractivity contribution in [1.82, 2.24) is 4.90 Å². The Morgan fingerprint density at radius 3 is 2.00 bits per heavy atom. The maximum Gasteiger partial charge on any atom is 0.494 e. The van der Waals surface area contributed by atoms with Gasteiger partial charge in [0.2, 0.25) is 0 Å². The second kappa shape index (κ2) is 7.48. The van der Waals surface area contributed by atoms with E-state index in [9.17, 15) is 9.90 Å². The molecule has 1 aromatic carbocycles. The maximum absolute atomic E-state index is 11.6.